The lowest BCUT2D eigenvalue weighted by Crippen LogP contribution is -2.62. The normalized spacial score (nSPS) is 18.4. The highest BCUT2D eigenvalue weighted by Crippen LogP contribution is 2.26. The summed E-state index contributed by atoms with van der Waals surface area (Å²) < 4.78 is 37.2. The van der Waals surface area contributed by atoms with Crippen LogP contribution in [0.25, 0.3) is 0 Å². The van der Waals surface area contributed by atoms with Crippen LogP contribution >= 0.6 is 0 Å². The van der Waals surface area contributed by atoms with Crippen LogP contribution in [0.2, 0.25) is 0 Å². The Morgan fingerprint density at radius 1 is 1.17 bits per heavy atom. The number of amides is 1. The van der Waals surface area contributed by atoms with E-state index in [2.05, 4.69) is 0 Å². The molecule has 23 heavy (non-hydrogen) atoms. The van der Waals surface area contributed by atoms with Crippen LogP contribution in [0.4, 0.5) is 13.2 Å². The summed E-state index contributed by atoms with van der Waals surface area (Å²) in [5, 5.41) is 10.9. The molecule has 126 valence electrons. The molecule has 1 saturated heterocycles. The Morgan fingerprint density at radius 3 is 2.22 bits per heavy atom. The summed E-state index contributed by atoms with van der Waals surface area (Å²) in [5.41, 5.74) is -0.825. The molecule has 0 aliphatic carbocycles. The van der Waals surface area contributed by atoms with Crippen molar-refractivity contribution in [2.45, 2.75) is 31.1 Å². The summed E-state index contributed by atoms with van der Waals surface area (Å²) in [7, 11) is 0. The zero-order chi connectivity index (χ0) is 17.1. The smallest absolute Gasteiger partial charge is 0.471 e. The minimum absolute atomic E-state index is 0.0724. The van der Waals surface area contributed by atoms with Crippen LogP contribution in [0.1, 0.15) is 18.4 Å². The van der Waals surface area contributed by atoms with Crippen molar-refractivity contribution in [3.05, 3.63) is 35.9 Å². The van der Waals surface area contributed by atoms with Gasteiger partial charge in [0.05, 0.1) is 0 Å². The number of nitrogens with zero attached hydrogens (tertiary/aromatic N) is 1. The molecule has 1 heterocycles. The van der Waals surface area contributed by atoms with E-state index in [1.165, 1.54) is 0 Å². The maximum atomic E-state index is 12.4. The second-order valence-electron chi connectivity index (χ2n) is 5.60. The Labute approximate surface area is 131 Å². The van der Waals surface area contributed by atoms with E-state index in [1.807, 2.05) is 35.2 Å². The quantitative estimate of drug-likeness (QED) is 0.883. The van der Waals surface area contributed by atoms with Gasteiger partial charge < -0.3 is 10.4 Å². The highest BCUT2D eigenvalue weighted by Gasteiger charge is 2.48. The number of likely N-dealkylation sites (tertiary alicyclic amines) is 1. The molecule has 1 aliphatic rings. The molecule has 0 atom stereocenters. The summed E-state index contributed by atoms with van der Waals surface area (Å²) in [6, 6.07) is 9.48. The summed E-state index contributed by atoms with van der Waals surface area (Å²) in [5.74, 6) is -3.65. The lowest BCUT2D eigenvalue weighted by molar-refractivity contribution is -0.178. The number of carbonyl (C=O) groups is 2. The maximum absolute atomic E-state index is 12.4. The van der Waals surface area contributed by atoms with Gasteiger partial charge in [-0.2, -0.15) is 13.2 Å². The SMILES string of the molecule is O=C(NC1(C(=O)O)CCN(Cc2ccccc2)CC1)C(F)(F)F. The molecule has 1 aromatic rings. The number of hydrogen-bond acceptors (Lipinski definition) is 3. The van der Waals surface area contributed by atoms with Gasteiger partial charge in [-0.15, -0.1) is 0 Å². The molecule has 0 unspecified atom stereocenters. The number of nitrogens with one attached hydrogen (secondary N) is 1. The van der Waals surface area contributed by atoms with Gasteiger partial charge in [-0.05, 0) is 18.4 Å². The van der Waals surface area contributed by atoms with Gasteiger partial charge in [0.15, 0.2) is 0 Å². The molecular formula is C15H17F3N2O3. The van der Waals surface area contributed by atoms with Gasteiger partial charge in [-0.1, -0.05) is 30.3 Å². The molecule has 1 amide bonds. The molecule has 2 N–H and O–H groups in total. The highest BCUT2D eigenvalue weighted by molar-refractivity contribution is 5.89. The van der Waals surface area contributed by atoms with Crippen molar-refractivity contribution >= 4 is 11.9 Å². The number of alkyl halides is 3. The Hall–Kier alpha value is -2.09. The monoisotopic (exact) mass is 330 g/mol. The number of carboxylic acids is 1. The Kier molecular flexibility index (Phi) is 4.93. The number of halogens is 3. The number of benzene rings is 1. The number of aliphatic carboxylic acids is 1. The van der Waals surface area contributed by atoms with Crippen LogP contribution in [0.15, 0.2) is 30.3 Å². The molecule has 0 bridgehead atoms. The molecule has 0 aromatic heterocycles. The van der Waals surface area contributed by atoms with Crippen molar-refractivity contribution in [3.63, 3.8) is 0 Å². The summed E-state index contributed by atoms with van der Waals surface area (Å²) in [6.07, 6.45) is -5.24. The summed E-state index contributed by atoms with van der Waals surface area (Å²) in [6.45, 7) is 1.17. The molecule has 2 rings (SSSR count). The second-order valence-corrected chi connectivity index (χ2v) is 5.60. The summed E-state index contributed by atoms with van der Waals surface area (Å²) in [4.78, 5) is 24.5. The zero-order valence-corrected chi connectivity index (χ0v) is 12.3. The standard InChI is InChI=1S/C15H17F3N2O3/c16-15(17,18)12(21)19-14(13(22)23)6-8-20(9-7-14)10-11-4-2-1-3-5-11/h1-5H,6-10H2,(H,19,21)(H,22,23). The fraction of sp³-hybridized carbons (Fsp3) is 0.467. The second kappa shape index (κ2) is 6.57. The van der Waals surface area contributed by atoms with E-state index >= 15 is 0 Å². The molecule has 0 radical (unpaired) electrons. The number of carboxylic acid groups (broad SMARTS) is 1. The van der Waals surface area contributed by atoms with Crippen molar-refractivity contribution in [2.75, 3.05) is 13.1 Å². The van der Waals surface area contributed by atoms with Crippen molar-refractivity contribution in [2.24, 2.45) is 0 Å². The first-order chi connectivity index (χ1) is 10.7. The average Bonchev–Trinajstić information content (AvgIpc) is 2.49. The Morgan fingerprint density at radius 2 is 1.74 bits per heavy atom. The van der Waals surface area contributed by atoms with Crippen LogP contribution in [0, 0.1) is 0 Å². The van der Waals surface area contributed by atoms with E-state index < -0.39 is 23.6 Å². The molecule has 1 aliphatic heterocycles. The van der Waals surface area contributed by atoms with Crippen molar-refractivity contribution < 1.29 is 27.9 Å². The predicted molar refractivity (Wildman–Crippen MR) is 75.5 cm³/mol. The number of carbonyl (C=O) groups excluding carboxylic acids is 1. The topological polar surface area (TPSA) is 69.6 Å². The lowest BCUT2D eigenvalue weighted by atomic mass is 9.87. The van der Waals surface area contributed by atoms with Gasteiger partial charge in [0, 0.05) is 19.6 Å². The van der Waals surface area contributed by atoms with E-state index in [0.717, 1.165) is 5.56 Å². The predicted octanol–water partition coefficient (Wildman–Crippen LogP) is 1.78. The molecule has 1 fully saturated rings. The van der Waals surface area contributed by atoms with E-state index in [1.54, 1.807) is 5.32 Å². The molecular weight excluding hydrogens is 313 g/mol. The molecule has 0 saturated carbocycles. The van der Waals surface area contributed by atoms with Gasteiger partial charge in [0.2, 0.25) is 0 Å². The largest absolute Gasteiger partial charge is 0.480 e. The molecule has 1 aromatic carbocycles. The number of hydrogen-bond donors (Lipinski definition) is 2. The van der Waals surface area contributed by atoms with E-state index in [4.69, 9.17) is 0 Å². The lowest BCUT2D eigenvalue weighted by Gasteiger charge is -2.39. The van der Waals surface area contributed by atoms with Gasteiger partial charge in [0.1, 0.15) is 5.54 Å². The Bertz CT molecular complexity index is 567. The third-order valence-electron chi connectivity index (χ3n) is 3.98. The first-order valence-corrected chi connectivity index (χ1v) is 7.12. The van der Waals surface area contributed by atoms with Gasteiger partial charge in [-0.25, -0.2) is 4.79 Å². The number of rotatable bonds is 4. The fourth-order valence-electron chi connectivity index (χ4n) is 2.62. The first-order valence-electron chi connectivity index (χ1n) is 7.12. The van der Waals surface area contributed by atoms with Gasteiger partial charge >= 0.3 is 18.1 Å². The van der Waals surface area contributed by atoms with Crippen molar-refractivity contribution in [3.8, 4) is 0 Å². The minimum Gasteiger partial charge on any atom is -0.480 e. The summed E-state index contributed by atoms with van der Waals surface area (Å²) >= 11 is 0. The Balaban J connectivity index is 2.00. The van der Waals surface area contributed by atoms with E-state index in [0.29, 0.717) is 19.6 Å². The molecule has 5 nitrogen and oxygen atoms in total. The van der Waals surface area contributed by atoms with Gasteiger partial charge in [-0.3, -0.25) is 9.69 Å². The fourth-order valence-corrected chi connectivity index (χ4v) is 2.62. The molecule has 0 spiro atoms. The first kappa shape index (κ1) is 17.3. The van der Waals surface area contributed by atoms with Crippen molar-refractivity contribution in [1.82, 2.24) is 10.2 Å². The van der Waals surface area contributed by atoms with Crippen LogP contribution in [0.3, 0.4) is 0 Å². The van der Waals surface area contributed by atoms with Crippen LogP contribution in [0.5, 0.6) is 0 Å². The van der Waals surface area contributed by atoms with Crippen molar-refractivity contribution in [1.29, 1.82) is 0 Å². The van der Waals surface area contributed by atoms with Gasteiger partial charge in [0.25, 0.3) is 0 Å². The van der Waals surface area contributed by atoms with Crippen LogP contribution < -0.4 is 5.32 Å². The van der Waals surface area contributed by atoms with Crippen LogP contribution in [-0.4, -0.2) is 46.7 Å². The minimum atomic E-state index is -5.09. The number of piperidine rings is 1. The third-order valence-corrected chi connectivity index (χ3v) is 3.98. The third kappa shape index (κ3) is 4.22. The molecule has 8 heteroatoms. The van der Waals surface area contributed by atoms with E-state index in [-0.39, 0.29) is 12.8 Å². The van der Waals surface area contributed by atoms with Crippen LogP contribution in [-0.2, 0) is 16.1 Å². The van der Waals surface area contributed by atoms with E-state index in [9.17, 15) is 27.9 Å². The zero-order valence-electron chi connectivity index (χ0n) is 12.3. The highest BCUT2D eigenvalue weighted by atomic mass is 19.4. The maximum Gasteiger partial charge on any atom is 0.471 e. The average molecular weight is 330 g/mol.